The van der Waals surface area contributed by atoms with E-state index < -0.39 is 0 Å². The summed E-state index contributed by atoms with van der Waals surface area (Å²) < 4.78 is 2.72. The number of fused-ring (bicyclic) bond motifs is 1. The first-order chi connectivity index (χ1) is 14.1. The number of allylic oxidation sites excluding steroid dienone is 2. The lowest BCUT2D eigenvalue weighted by Gasteiger charge is -2.18. The van der Waals surface area contributed by atoms with E-state index in [9.17, 15) is 9.59 Å². The Morgan fingerprint density at radius 3 is 2.76 bits per heavy atom. The van der Waals surface area contributed by atoms with Crippen LogP contribution < -0.4 is 5.56 Å². The van der Waals surface area contributed by atoms with Crippen LogP contribution in [0.3, 0.4) is 0 Å². The number of carbonyl (C=O) groups excluding carboxylic acids is 1. The van der Waals surface area contributed by atoms with Crippen molar-refractivity contribution in [3.8, 4) is 0 Å². The zero-order valence-electron chi connectivity index (χ0n) is 16.5. The fraction of sp³-hybridized carbons (Fsp3) is 0.500. The third kappa shape index (κ3) is 4.94. The Kier molecular flexibility index (Phi) is 6.75. The number of nitrogens with zero attached hydrogens (tertiary/aromatic N) is 3. The molecule has 7 heteroatoms. The van der Waals surface area contributed by atoms with Gasteiger partial charge in [-0.05, 0) is 56.7 Å². The normalized spacial score (nSPS) is 17.2. The van der Waals surface area contributed by atoms with Gasteiger partial charge in [-0.3, -0.25) is 14.2 Å². The van der Waals surface area contributed by atoms with E-state index in [0.29, 0.717) is 24.9 Å². The second kappa shape index (κ2) is 9.47. The van der Waals surface area contributed by atoms with Crippen molar-refractivity contribution < 1.29 is 4.79 Å². The number of aromatic nitrogens is 2. The molecule has 2 aliphatic rings. The zero-order chi connectivity index (χ0) is 20.2. The molecule has 1 saturated heterocycles. The Bertz CT molecular complexity index is 1000. The summed E-state index contributed by atoms with van der Waals surface area (Å²) >= 11 is 5.05. The number of amides is 1. The molecule has 0 saturated carbocycles. The minimum absolute atomic E-state index is 0.0208. The van der Waals surface area contributed by atoms with Crippen LogP contribution >= 0.6 is 27.7 Å². The first kappa shape index (κ1) is 20.7. The summed E-state index contributed by atoms with van der Waals surface area (Å²) in [6, 6.07) is 5.67. The highest BCUT2D eigenvalue weighted by Gasteiger charge is 2.20. The molecule has 0 atom stereocenters. The van der Waals surface area contributed by atoms with Crippen LogP contribution in [0.5, 0.6) is 0 Å². The van der Waals surface area contributed by atoms with Crippen LogP contribution in [-0.2, 0) is 11.3 Å². The molecule has 5 nitrogen and oxygen atoms in total. The number of hydrogen-bond acceptors (Lipinski definition) is 4. The van der Waals surface area contributed by atoms with Gasteiger partial charge in [-0.15, -0.1) is 0 Å². The molecule has 1 aliphatic heterocycles. The molecule has 0 unspecified atom stereocenters. The van der Waals surface area contributed by atoms with E-state index in [2.05, 4.69) is 22.0 Å². The summed E-state index contributed by atoms with van der Waals surface area (Å²) in [5, 5.41) is 1.41. The third-order valence-electron chi connectivity index (χ3n) is 5.69. The second-order valence-electron chi connectivity index (χ2n) is 7.70. The van der Waals surface area contributed by atoms with Gasteiger partial charge in [0.05, 0.1) is 10.9 Å². The maximum Gasteiger partial charge on any atom is 0.262 e. The van der Waals surface area contributed by atoms with E-state index in [1.807, 2.05) is 27.7 Å². The van der Waals surface area contributed by atoms with Crippen LogP contribution in [0, 0.1) is 0 Å². The fourth-order valence-electron chi connectivity index (χ4n) is 4.05. The number of likely N-dealkylation sites (tertiary alicyclic amines) is 1. The highest BCUT2D eigenvalue weighted by atomic mass is 79.9. The largest absolute Gasteiger partial charge is 0.342 e. The molecular weight excluding hydrogens is 450 g/mol. The molecule has 1 aliphatic carbocycles. The first-order valence-electron chi connectivity index (χ1n) is 10.4. The Balaban J connectivity index is 1.57. The molecule has 0 bridgehead atoms. The lowest BCUT2D eigenvalue weighted by molar-refractivity contribution is -0.127. The Labute approximate surface area is 183 Å². The van der Waals surface area contributed by atoms with Gasteiger partial charge < -0.3 is 4.90 Å². The van der Waals surface area contributed by atoms with Gasteiger partial charge in [0, 0.05) is 36.3 Å². The topological polar surface area (TPSA) is 55.2 Å². The smallest absolute Gasteiger partial charge is 0.262 e. The quantitative estimate of drug-likeness (QED) is 0.329. The van der Waals surface area contributed by atoms with E-state index in [1.54, 1.807) is 11.8 Å². The second-order valence-corrected chi connectivity index (χ2v) is 9.68. The first-order valence-corrected chi connectivity index (χ1v) is 12.2. The molecular formula is C22H26BrN3O2S. The molecule has 29 heavy (non-hydrogen) atoms. The van der Waals surface area contributed by atoms with Gasteiger partial charge in [0.25, 0.3) is 5.56 Å². The molecule has 1 aromatic heterocycles. The molecule has 0 N–H and O–H groups in total. The summed E-state index contributed by atoms with van der Waals surface area (Å²) in [5.41, 5.74) is 2.20. The van der Waals surface area contributed by atoms with E-state index in [4.69, 9.17) is 4.98 Å². The third-order valence-corrected chi connectivity index (χ3v) is 7.14. The summed E-state index contributed by atoms with van der Waals surface area (Å²) in [6.07, 6.45) is 9.66. The maximum absolute atomic E-state index is 13.3. The van der Waals surface area contributed by atoms with Gasteiger partial charge in [0.1, 0.15) is 0 Å². The predicted octanol–water partition coefficient (Wildman–Crippen LogP) is 4.76. The number of carbonyl (C=O) groups is 1. The van der Waals surface area contributed by atoms with Crippen molar-refractivity contribution in [2.45, 2.75) is 56.6 Å². The van der Waals surface area contributed by atoms with E-state index in [0.717, 1.165) is 53.1 Å². The van der Waals surface area contributed by atoms with Crippen molar-refractivity contribution in [1.29, 1.82) is 0 Å². The van der Waals surface area contributed by atoms with Gasteiger partial charge in [-0.2, -0.15) is 0 Å². The SMILES string of the molecule is O=C1CCCN1CCSc1nc2ccc(Br)cc2c(=O)n1CCC1=CCCCC1. The van der Waals surface area contributed by atoms with Crippen molar-refractivity contribution in [3.05, 3.63) is 44.7 Å². The van der Waals surface area contributed by atoms with Crippen molar-refractivity contribution >= 4 is 44.5 Å². The minimum atomic E-state index is 0.0208. The van der Waals surface area contributed by atoms with Crippen molar-refractivity contribution in [2.75, 3.05) is 18.8 Å². The number of benzene rings is 1. The lowest BCUT2D eigenvalue weighted by atomic mass is 9.97. The van der Waals surface area contributed by atoms with Crippen molar-refractivity contribution in [2.24, 2.45) is 0 Å². The Morgan fingerprint density at radius 1 is 1.10 bits per heavy atom. The summed E-state index contributed by atoms with van der Waals surface area (Å²) in [4.78, 5) is 31.8. The lowest BCUT2D eigenvalue weighted by Crippen LogP contribution is -2.28. The maximum atomic E-state index is 13.3. The number of hydrogen-bond donors (Lipinski definition) is 0. The van der Waals surface area contributed by atoms with Crippen molar-refractivity contribution in [3.63, 3.8) is 0 Å². The molecule has 1 amide bonds. The summed E-state index contributed by atoms with van der Waals surface area (Å²) in [6.45, 7) is 2.22. The van der Waals surface area contributed by atoms with E-state index >= 15 is 0 Å². The van der Waals surface area contributed by atoms with Crippen LogP contribution in [0.25, 0.3) is 10.9 Å². The Hall–Kier alpha value is -1.60. The van der Waals surface area contributed by atoms with E-state index in [-0.39, 0.29) is 11.5 Å². The van der Waals surface area contributed by atoms with Gasteiger partial charge in [-0.25, -0.2) is 4.98 Å². The summed E-state index contributed by atoms with van der Waals surface area (Å²) in [7, 11) is 0. The fourth-order valence-corrected chi connectivity index (χ4v) is 5.40. The van der Waals surface area contributed by atoms with Gasteiger partial charge in [0.2, 0.25) is 5.91 Å². The standard InChI is InChI=1S/C22H26BrN3O2S/c23-17-8-9-19-18(15-17)21(28)26(12-10-16-5-2-1-3-6-16)22(24-19)29-14-13-25-11-4-7-20(25)27/h5,8-9,15H,1-4,6-7,10-14H2. The highest BCUT2D eigenvalue weighted by Crippen LogP contribution is 2.24. The highest BCUT2D eigenvalue weighted by molar-refractivity contribution is 9.10. The minimum Gasteiger partial charge on any atom is -0.342 e. The molecule has 0 spiro atoms. The number of halogens is 1. The molecule has 1 fully saturated rings. The molecule has 0 radical (unpaired) electrons. The van der Waals surface area contributed by atoms with Crippen molar-refractivity contribution in [1.82, 2.24) is 14.5 Å². The van der Waals surface area contributed by atoms with Gasteiger partial charge in [-0.1, -0.05) is 39.3 Å². The molecule has 4 rings (SSSR count). The zero-order valence-corrected chi connectivity index (χ0v) is 18.9. The molecule has 2 aromatic rings. The average Bonchev–Trinajstić information content (AvgIpc) is 3.14. The molecule has 154 valence electrons. The Morgan fingerprint density at radius 2 is 2.00 bits per heavy atom. The van der Waals surface area contributed by atoms with Gasteiger partial charge >= 0.3 is 0 Å². The predicted molar refractivity (Wildman–Crippen MR) is 121 cm³/mol. The van der Waals surface area contributed by atoms with Gasteiger partial charge in [0.15, 0.2) is 5.16 Å². The number of thioether (sulfide) groups is 1. The van der Waals surface area contributed by atoms with Crippen LogP contribution in [0.2, 0.25) is 0 Å². The van der Waals surface area contributed by atoms with E-state index in [1.165, 1.54) is 18.4 Å². The molecule has 1 aromatic carbocycles. The van der Waals surface area contributed by atoms with Crippen LogP contribution in [-0.4, -0.2) is 39.2 Å². The average molecular weight is 476 g/mol. The monoisotopic (exact) mass is 475 g/mol. The van der Waals surface area contributed by atoms with Crippen LogP contribution in [0.1, 0.15) is 44.9 Å². The number of rotatable bonds is 7. The van der Waals surface area contributed by atoms with Crippen LogP contribution in [0.4, 0.5) is 0 Å². The van der Waals surface area contributed by atoms with Crippen LogP contribution in [0.15, 0.2) is 44.3 Å². The summed E-state index contributed by atoms with van der Waals surface area (Å²) in [5.74, 6) is 0.992. The molecule has 2 heterocycles.